The SMILES string of the molecule is CCNC(=NCC(C)(O)c1ccc(C)o1)NCC1(CN2CCOCC2)CCCCC1. The molecule has 1 unspecified atom stereocenters. The maximum atomic E-state index is 10.8. The van der Waals surface area contributed by atoms with E-state index in [-0.39, 0.29) is 12.0 Å². The third kappa shape index (κ3) is 6.46. The summed E-state index contributed by atoms with van der Waals surface area (Å²) in [7, 11) is 0. The summed E-state index contributed by atoms with van der Waals surface area (Å²) in [6.45, 7) is 12.5. The van der Waals surface area contributed by atoms with Gasteiger partial charge < -0.3 is 24.9 Å². The van der Waals surface area contributed by atoms with Crippen LogP contribution in [-0.2, 0) is 10.3 Å². The fourth-order valence-corrected chi connectivity index (χ4v) is 4.57. The van der Waals surface area contributed by atoms with E-state index in [1.165, 1.54) is 32.1 Å². The van der Waals surface area contributed by atoms with E-state index in [0.717, 1.165) is 57.7 Å². The molecule has 0 spiro atoms. The molecule has 7 nitrogen and oxygen atoms in total. The summed E-state index contributed by atoms with van der Waals surface area (Å²) in [5.74, 6) is 2.10. The molecule has 0 amide bonds. The Labute approximate surface area is 181 Å². The highest BCUT2D eigenvalue weighted by Gasteiger charge is 2.34. The van der Waals surface area contributed by atoms with Crippen LogP contribution >= 0.6 is 0 Å². The molecule has 3 rings (SSSR count). The minimum Gasteiger partial charge on any atom is -0.463 e. The van der Waals surface area contributed by atoms with Gasteiger partial charge in [0.2, 0.25) is 0 Å². The molecule has 1 saturated heterocycles. The number of furan rings is 1. The second-order valence-corrected chi connectivity index (χ2v) is 9.18. The lowest BCUT2D eigenvalue weighted by atomic mass is 9.73. The van der Waals surface area contributed by atoms with Crippen LogP contribution in [0.5, 0.6) is 0 Å². The van der Waals surface area contributed by atoms with Crippen molar-refractivity contribution in [3.63, 3.8) is 0 Å². The average Bonchev–Trinajstić information content (AvgIpc) is 3.19. The Morgan fingerprint density at radius 2 is 1.93 bits per heavy atom. The molecular weight excluding hydrogens is 380 g/mol. The van der Waals surface area contributed by atoms with Crippen molar-refractivity contribution in [1.29, 1.82) is 0 Å². The highest BCUT2D eigenvalue weighted by molar-refractivity contribution is 5.79. The smallest absolute Gasteiger partial charge is 0.191 e. The number of morpholine rings is 1. The summed E-state index contributed by atoms with van der Waals surface area (Å²) in [6.07, 6.45) is 6.43. The van der Waals surface area contributed by atoms with Crippen molar-refractivity contribution in [3.8, 4) is 0 Å². The molecule has 3 N–H and O–H groups in total. The summed E-state index contributed by atoms with van der Waals surface area (Å²) in [4.78, 5) is 7.24. The molecule has 0 bridgehead atoms. The summed E-state index contributed by atoms with van der Waals surface area (Å²) >= 11 is 0. The largest absolute Gasteiger partial charge is 0.463 e. The van der Waals surface area contributed by atoms with Crippen LogP contribution in [0.2, 0.25) is 0 Å². The highest BCUT2D eigenvalue weighted by atomic mass is 16.5. The van der Waals surface area contributed by atoms with Crippen molar-refractivity contribution in [2.45, 2.75) is 58.5 Å². The number of aliphatic imine (C=N–C) groups is 1. The number of guanidine groups is 1. The van der Waals surface area contributed by atoms with Crippen molar-refractivity contribution < 1.29 is 14.3 Å². The number of ether oxygens (including phenoxy) is 1. The maximum absolute atomic E-state index is 10.8. The molecular formula is C23H40N4O3. The van der Waals surface area contributed by atoms with Crippen LogP contribution in [0.15, 0.2) is 21.5 Å². The van der Waals surface area contributed by atoms with E-state index in [9.17, 15) is 5.11 Å². The molecule has 2 heterocycles. The van der Waals surface area contributed by atoms with E-state index >= 15 is 0 Å². The van der Waals surface area contributed by atoms with Gasteiger partial charge in [0.25, 0.3) is 0 Å². The first-order chi connectivity index (χ1) is 14.4. The number of nitrogens with zero attached hydrogens (tertiary/aromatic N) is 2. The molecule has 0 radical (unpaired) electrons. The molecule has 1 aliphatic carbocycles. The summed E-state index contributed by atoms with van der Waals surface area (Å²) < 4.78 is 11.2. The first-order valence-electron chi connectivity index (χ1n) is 11.5. The van der Waals surface area contributed by atoms with Gasteiger partial charge in [-0.3, -0.25) is 4.90 Å². The van der Waals surface area contributed by atoms with Crippen LogP contribution in [0.1, 0.15) is 57.5 Å². The van der Waals surface area contributed by atoms with E-state index < -0.39 is 5.60 Å². The van der Waals surface area contributed by atoms with Crippen LogP contribution < -0.4 is 10.6 Å². The quantitative estimate of drug-likeness (QED) is 0.443. The van der Waals surface area contributed by atoms with Crippen LogP contribution in [0, 0.1) is 12.3 Å². The van der Waals surface area contributed by atoms with Gasteiger partial charge in [-0.2, -0.15) is 0 Å². The predicted molar refractivity (Wildman–Crippen MR) is 120 cm³/mol. The second kappa shape index (κ2) is 10.6. The Bertz CT molecular complexity index is 674. The van der Waals surface area contributed by atoms with E-state index in [1.54, 1.807) is 6.92 Å². The van der Waals surface area contributed by atoms with Gasteiger partial charge in [-0.1, -0.05) is 19.3 Å². The van der Waals surface area contributed by atoms with Crippen molar-refractivity contribution in [2.24, 2.45) is 10.4 Å². The molecule has 30 heavy (non-hydrogen) atoms. The minimum atomic E-state index is -1.13. The van der Waals surface area contributed by atoms with E-state index in [4.69, 9.17) is 9.15 Å². The predicted octanol–water partition coefficient (Wildman–Crippen LogP) is 2.63. The summed E-state index contributed by atoms with van der Waals surface area (Å²) in [5, 5.41) is 17.8. The van der Waals surface area contributed by atoms with Gasteiger partial charge in [0.05, 0.1) is 19.8 Å². The third-order valence-electron chi connectivity index (χ3n) is 6.37. The lowest BCUT2D eigenvalue weighted by Crippen LogP contribution is -2.51. The molecule has 7 heteroatoms. The summed E-state index contributed by atoms with van der Waals surface area (Å²) in [5.41, 5.74) is -0.862. The van der Waals surface area contributed by atoms with Gasteiger partial charge in [-0.25, -0.2) is 4.99 Å². The zero-order valence-electron chi connectivity index (χ0n) is 19.0. The fourth-order valence-electron chi connectivity index (χ4n) is 4.57. The van der Waals surface area contributed by atoms with Crippen molar-refractivity contribution in [3.05, 3.63) is 23.7 Å². The lowest BCUT2D eigenvalue weighted by molar-refractivity contribution is 0.00818. The van der Waals surface area contributed by atoms with E-state index in [2.05, 4.69) is 27.4 Å². The number of nitrogens with one attached hydrogen (secondary N) is 2. The third-order valence-corrected chi connectivity index (χ3v) is 6.37. The van der Waals surface area contributed by atoms with Gasteiger partial charge in [0, 0.05) is 38.1 Å². The molecule has 2 fully saturated rings. The van der Waals surface area contributed by atoms with Crippen LogP contribution in [0.3, 0.4) is 0 Å². The van der Waals surface area contributed by atoms with Gasteiger partial charge in [0.1, 0.15) is 17.1 Å². The Balaban J connectivity index is 1.63. The van der Waals surface area contributed by atoms with Crippen LogP contribution in [0.25, 0.3) is 0 Å². The molecule has 1 saturated carbocycles. The number of hydrogen-bond acceptors (Lipinski definition) is 5. The molecule has 0 aromatic carbocycles. The van der Waals surface area contributed by atoms with E-state index in [0.29, 0.717) is 5.76 Å². The van der Waals surface area contributed by atoms with Gasteiger partial charge in [0.15, 0.2) is 5.96 Å². The van der Waals surface area contributed by atoms with Gasteiger partial charge in [-0.15, -0.1) is 0 Å². The number of aryl methyl sites for hydroxylation is 1. The van der Waals surface area contributed by atoms with Crippen LogP contribution in [0.4, 0.5) is 0 Å². The van der Waals surface area contributed by atoms with Gasteiger partial charge >= 0.3 is 0 Å². The van der Waals surface area contributed by atoms with Gasteiger partial charge in [-0.05, 0) is 45.7 Å². The average molecular weight is 421 g/mol. The Hall–Kier alpha value is -1.57. The number of hydrogen-bond donors (Lipinski definition) is 3. The fraction of sp³-hybridized carbons (Fsp3) is 0.783. The molecule has 1 atom stereocenters. The standard InChI is InChI=1S/C23H40N4O3/c1-4-24-21(25-16-22(3,28)20-9-8-19(2)30-20)26-17-23(10-6-5-7-11-23)18-27-12-14-29-15-13-27/h8-9,28H,4-7,10-18H2,1-3H3,(H2,24,25,26). The maximum Gasteiger partial charge on any atom is 0.191 e. The van der Waals surface area contributed by atoms with Crippen molar-refractivity contribution >= 4 is 5.96 Å². The number of rotatable bonds is 8. The van der Waals surface area contributed by atoms with E-state index in [1.807, 2.05) is 19.1 Å². The molecule has 1 aliphatic heterocycles. The molecule has 1 aromatic heterocycles. The minimum absolute atomic E-state index is 0.242. The van der Waals surface area contributed by atoms with Crippen LogP contribution in [-0.4, -0.2) is 68.4 Å². The Kier molecular flexibility index (Phi) is 8.20. The molecule has 170 valence electrons. The first-order valence-corrected chi connectivity index (χ1v) is 11.5. The monoisotopic (exact) mass is 420 g/mol. The van der Waals surface area contributed by atoms with Crippen molar-refractivity contribution in [1.82, 2.24) is 15.5 Å². The second-order valence-electron chi connectivity index (χ2n) is 9.18. The lowest BCUT2D eigenvalue weighted by Gasteiger charge is -2.42. The highest BCUT2D eigenvalue weighted by Crippen LogP contribution is 2.36. The Morgan fingerprint density at radius 1 is 1.20 bits per heavy atom. The van der Waals surface area contributed by atoms with Crippen molar-refractivity contribution in [2.75, 3.05) is 52.5 Å². The zero-order valence-corrected chi connectivity index (χ0v) is 19.0. The topological polar surface area (TPSA) is 82.3 Å². The number of aliphatic hydroxyl groups is 1. The molecule has 2 aliphatic rings. The normalized spacial score (nSPS) is 22.5. The zero-order chi connectivity index (χ0) is 21.5. The first kappa shape index (κ1) is 23.1. The summed E-state index contributed by atoms with van der Waals surface area (Å²) in [6, 6.07) is 3.69. The molecule has 1 aromatic rings. The Morgan fingerprint density at radius 3 is 2.57 bits per heavy atom.